The molecule has 0 unspecified atom stereocenters. The van der Waals surface area contributed by atoms with E-state index in [0.29, 0.717) is 0 Å². The molecule has 0 saturated carbocycles. The Hall–Kier alpha value is -2.11. The molecule has 78 valence electrons. The van der Waals surface area contributed by atoms with Crippen molar-refractivity contribution in [3.8, 4) is 0 Å². The Morgan fingerprint density at radius 3 is 2.53 bits per heavy atom. The molecular formula is C9H8N2O4. The van der Waals surface area contributed by atoms with Crippen LogP contribution in [0.3, 0.4) is 0 Å². The zero-order valence-electron chi connectivity index (χ0n) is 7.67. The zero-order chi connectivity index (χ0) is 10.8. The van der Waals surface area contributed by atoms with Gasteiger partial charge < -0.3 is 10.1 Å². The largest absolute Gasteiger partial charge is 0.447 e. The highest BCUT2D eigenvalue weighted by Crippen LogP contribution is 2.20. The second kappa shape index (κ2) is 3.56. The number of nitro benzene ring substituents is 1. The van der Waals surface area contributed by atoms with E-state index in [1.54, 1.807) is 12.1 Å². The van der Waals surface area contributed by atoms with Gasteiger partial charge in [0, 0.05) is 12.1 Å². The highest BCUT2D eigenvalue weighted by Gasteiger charge is 2.23. The van der Waals surface area contributed by atoms with Crippen LogP contribution in [0, 0.1) is 10.1 Å². The molecule has 1 amide bonds. The monoisotopic (exact) mass is 208 g/mol. The number of amides is 1. The molecule has 0 bridgehead atoms. The lowest BCUT2D eigenvalue weighted by Gasteiger charge is -2.06. The third-order valence-electron chi connectivity index (χ3n) is 2.18. The van der Waals surface area contributed by atoms with Crippen LogP contribution >= 0.6 is 0 Å². The summed E-state index contributed by atoms with van der Waals surface area (Å²) in [6, 6.07) is 5.81. The summed E-state index contributed by atoms with van der Waals surface area (Å²) in [6.45, 7) is 0.261. The van der Waals surface area contributed by atoms with E-state index in [0.717, 1.165) is 5.56 Å². The maximum atomic E-state index is 10.8. The quantitative estimate of drug-likeness (QED) is 0.587. The van der Waals surface area contributed by atoms with Crippen LogP contribution in [0.1, 0.15) is 11.6 Å². The number of alkyl carbamates (subject to hydrolysis) is 1. The Labute approximate surface area is 85.0 Å². The molecule has 1 heterocycles. The molecule has 1 aliphatic rings. The van der Waals surface area contributed by atoms with E-state index in [1.165, 1.54) is 12.1 Å². The van der Waals surface area contributed by atoms with E-state index in [1.807, 2.05) is 0 Å². The van der Waals surface area contributed by atoms with Gasteiger partial charge in [-0.2, -0.15) is 0 Å². The first-order valence-electron chi connectivity index (χ1n) is 4.34. The van der Waals surface area contributed by atoms with Crippen LogP contribution in [0.2, 0.25) is 0 Å². The topological polar surface area (TPSA) is 81.5 Å². The molecule has 1 atom stereocenters. The summed E-state index contributed by atoms with van der Waals surface area (Å²) < 4.78 is 4.71. The van der Waals surface area contributed by atoms with Gasteiger partial charge in [-0.25, -0.2) is 4.79 Å². The second-order valence-corrected chi connectivity index (χ2v) is 3.14. The Morgan fingerprint density at radius 2 is 2.07 bits per heavy atom. The van der Waals surface area contributed by atoms with E-state index >= 15 is 0 Å². The predicted molar refractivity (Wildman–Crippen MR) is 50.3 cm³/mol. The van der Waals surface area contributed by atoms with Gasteiger partial charge in [-0.3, -0.25) is 10.1 Å². The summed E-state index contributed by atoms with van der Waals surface area (Å²) >= 11 is 0. The molecule has 0 aliphatic carbocycles. The molecule has 1 saturated heterocycles. The minimum Gasteiger partial charge on any atom is -0.447 e. The average Bonchev–Trinajstić information content (AvgIpc) is 2.65. The lowest BCUT2D eigenvalue weighted by molar-refractivity contribution is -0.384. The van der Waals surface area contributed by atoms with E-state index in [2.05, 4.69) is 5.32 Å². The first kappa shape index (κ1) is 9.45. The minimum absolute atomic E-state index is 0.0315. The second-order valence-electron chi connectivity index (χ2n) is 3.14. The fraction of sp³-hybridized carbons (Fsp3) is 0.222. The number of benzene rings is 1. The molecule has 0 spiro atoms. The molecule has 1 aromatic carbocycles. The average molecular weight is 208 g/mol. The molecular weight excluding hydrogens is 200 g/mol. The van der Waals surface area contributed by atoms with Gasteiger partial charge in [0.05, 0.1) is 11.0 Å². The van der Waals surface area contributed by atoms with Gasteiger partial charge in [-0.05, 0) is 5.56 Å². The van der Waals surface area contributed by atoms with Crippen molar-refractivity contribution < 1.29 is 14.5 Å². The van der Waals surface area contributed by atoms with Crippen molar-refractivity contribution in [2.24, 2.45) is 0 Å². The number of nitrogens with zero attached hydrogens (tertiary/aromatic N) is 1. The number of ether oxygens (including phenoxy) is 1. The van der Waals surface area contributed by atoms with Crippen molar-refractivity contribution in [1.82, 2.24) is 5.32 Å². The third-order valence-corrected chi connectivity index (χ3v) is 2.18. The van der Waals surface area contributed by atoms with Gasteiger partial charge in [-0.15, -0.1) is 0 Å². The highest BCUT2D eigenvalue weighted by molar-refractivity contribution is 5.70. The fourth-order valence-corrected chi connectivity index (χ4v) is 1.39. The van der Waals surface area contributed by atoms with Crippen molar-refractivity contribution in [1.29, 1.82) is 0 Å². The maximum Gasteiger partial charge on any atom is 0.407 e. The zero-order valence-corrected chi connectivity index (χ0v) is 7.67. The molecule has 2 rings (SSSR count). The number of hydrogen-bond acceptors (Lipinski definition) is 4. The number of non-ortho nitro benzene ring substituents is 1. The summed E-state index contributed by atoms with van der Waals surface area (Å²) in [6.07, 6.45) is -0.460. The van der Waals surface area contributed by atoms with Gasteiger partial charge in [0.2, 0.25) is 0 Å². The van der Waals surface area contributed by atoms with Gasteiger partial charge in [-0.1, -0.05) is 12.1 Å². The lowest BCUT2D eigenvalue weighted by atomic mass is 10.1. The summed E-state index contributed by atoms with van der Waals surface area (Å²) in [5, 5.41) is 13.0. The molecule has 0 radical (unpaired) electrons. The SMILES string of the molecule is O=C1N[C@@H](c2ccc([N+](=O)[O-])cc2)CO1. The van der Waals surface area contributed by atoms with Crippen LogP contribution < -0.4 is 5.32 Å². The molecule has 6 heteroatoms. The molecule has 1 fully saturated rings. The highest BCUT2D eigenvalue weighted by atomic mass is 16.6. The number of nitro groups is 1. The Balaban J connectivity index is 2.17. The molecule has 15 heavy (non-hydrogen) atoms. The maximum absolute atomic E-state index is 10.8. The van der Waals surface area contributed by atoms with E-state index in [9.17, 15) is 14.9 Å². The van der Waals surface area contributed by atoms with Crippen LogP contribution in [0.25, 0.3) is 0 Å². The number of nitrogens with one attached hydrogen (secondary N) is 1. The van der Waals surface area contributed by atoms with Crippen LogP contribution in [0.5, 0.6) is 0 Å². The summed E-state index contributed by atoms with van der Waals surface area (Å²) in [5.41, 5.74) is 0.829. The van der Waals surface area contributed by atoms with Gasteiger partial charge in [0.15, 0.2) is 0 Å². The van der Waals surface area contributed by atoms with E-state index < -0.39 is 11.0 Å². The van der Waals surface area contributed by atoms with Gasteiger partial charge in [0.25, 0.3) is 5.69 Å². The smallest absolute Gasteiger partial charge is 0.407 e. The summed E-state index contributed by atoms with van der Waals surface area (Å²) in [7, 11) is 0. The lowest BCUT2D eigenvalue weighted by Crippen LogP contribution is -2.18. The molecule has 1 aliphatic heterocycles. The van der Waals surface area contributed by atoms with Gasteiger partial charge >= 0.3 is 6.09 Å². The summed E-state index contributed by atoms with van der Waals surface area (Å²) in [4.78, 5) is 20.7. The van der Waals surface area contributed by atoms with Crippen molar-refractivity contribution in [2.75, 3.05) is 6.61 Å². The van der Waals surface area contributed by atoms with Crippen molar-refractivity contribution in [2.45, 2.75) is 6.04 Å². The minimum atomic E-state index is -0.465. The molecule has 6 nitrogen and oxygen atoms in total. The Kier molecular flexibility index (Phi) is 2.24. The van der Waals surface area contributed by atoms with Crippen molar-refractivity contribution in [3.63, 3.8) is 0 Å². The van der Waals surface area contributed by atoms with E-state index in [4.69, 9.17) is 4.74 Å². The number of carbonyl (C=O) groups is 1. The van der Waals surface area contributed by atoms with Crippen LogP contribution in [0.4, 0.5) is 10.5 Å². The number of cyclic esters (lactones) is 1. The Bertz CT molecular complexity index is 401. The van der Waals surface area contributed by atoms with Crippen molar-refractivity contribution in [3.05, 3.63) is 39.9 Å². The van der Waals surface area contributed by atoms with Crippen molar-refractivity contribution >= 4 is 11.8 Å². The molecule has 1 aromatic rings. The third kappa shape index (κ3) is 1.88. The molecule has 1 N–H and O–H groups in total. The van der Waals surface area contributed by atoms with E-state index in [-0.39, 0.29) is 18.3 Å². The first-order chi connectivity index (χ1) is 7.16. The number of hydrogen-bond donors (Lipinski definition) is 1. The number of rotatable bonds is 2. The van der Waals surface area contributed by atoms with Crippen LogP contribution in [-0.2, 0) is 4.74 Å². The Morgan fingerprint density at radius 1 is 1.40 bits per heavy atom. The predicted octanol–water partition coefficient (Wildman–Crippen LogP) is 1.38. The van der Waals surface area contributed by atoms with Crippen LogP contribution in [-0.4, -0.2) is 17.6 Å². The molecule has 0 aromatic heterocycles. The normalized spacial score (nSPS) is 19.5. The first-order valence-corrected chi connectivity index (χ1v) is 4.34. The fourth-order valence-electron chi connectivity index (χ4n) is 1.39. The van der Waals surface area contributed by atoms with Crippen LogP contribution in [0.15, 0.2) is 24.3 Å². The standard InChI is InChI=1S/C9H8N2O4/c12-9-10-8(5-15-9)6-1-3-7(4-2-6)11(13)14/h1-4,8H,5H2,(H,10,12)/t8-/m1/s1. The summed E-state index contributed by atoms with van der Waals surface area (Å²) in [5.74, 6) is 0. The number of carbonyl (C=O) groups excluding carboxylic acids is 1. The van der Waals surface area contributed by atoms with Gasteiger partial charge in [0.1, 0.15) is 6.61 Å².